The van der Waals surface area contributed by atoms with Crippen molar-refractivity contribution in [3.8, 4) is 11.5 Å². The molecule has 3 aromatic rings. The summed E-state index contributed by atoms with van der Waals surface area (Å²) in [5.74, 6) is 1.31. The van der Waals surface area contributed by atoms with Gasteiger partial charge >= 0.3 is 6.09 Å². The van der Waals surface area contributed by atoms with Crippen LogP contribution in [0.25, 0.3) is 0 Å². The molecule has 0 atom stereocenters. The molecule has 0 saturated carbocycles. The van der Waals surface area contributed by atoms with E-state index < -0.39 is 11.7 Å². The van der Waals surface area contributed by atoms with Crippen molar-refractivity contribution < 1.29 is 19.0 Å². The van der Waals surface area contributed by atoms with Crippen LogP contribution in [0.15, 0.2) is 55.0 Å². The van der Waals surface area contributed by atoms with Crippen LogP contribution in [-0.2, 0) is 17.7 Å². The highest BCUT2D eigenvalue weighted by Gasteiger charge is 2.16. The van der Waals surface area contributed by atoms with Crippen molar-refractivity contribution in [1.82, 2.24) is 14.9 Å². The molecule has 10 heteroatoms. The minimum absolute atomic E-state index is 0.464. The number of anilines is 2. The Kier molecular flexibility index (Phi) is 11.0. The van der Waals surface area contributed by atoms with Crippen LogP contribution in [0.1, 0.15) is 44.9 Å². The lowest BCUT2D eigenvalue weighted by Crippen LogP contribution is -2.29. The topological polar surface area (TPSA) is 98.7 Å². The molecule has 3 rings (SSSR count). The predicted octanol–water partition coefficient (Wildman–Crippen LogP) is 5.94. The summed E-state index contributed by atoms with van der Waals surface area (Å²) >= 11 is 5.43. The fraction of sp³-hybridized carbons (Fsp3) is 0.414. The average molecular weight is 554 g/mol. The van der Waals surface area contributed by atoms with E-state index in [-0.39, 0.29) is 0 Å². The highest BCUT2D eigenvalue weighted by Crippen LogP contribution is 2.30. The number of thiocarbonyl (C=S) groups is 1. The maximum atomic E-state index is 11.9. The third kappa shape index (κ3) is 10.5. The van der Waals surface area contributed by atoms with Gasteiger partial charge < -0.3 is 29.4 Å². The number of carbonyl (C=O) groups is 1. The Bertz CT molecular complexity index is 1220. The summed E-state index contributed by atoms with van der Waals surface area (Å²) in [5, 5.41) is 9.73. The SMILES string of the molecule is COc1cc(NC(=S)NCCCn2cncc2C)ccc1OCCCc1ccc(NC(=O)OC(C)(C)C)cc1. The fourth-order valence-electron chi connectivity index (χ4n) is 3.75. The third-order valence-electron chi connectivity index (χ3n) is 5.67. The van der Waals surface area contributed by atoms with Crippen LogP contribution in [0.3, 0.4) is 0 Å². The standard InChI is InChI=1S/C29H39N5O4S/c1-21-19-30-20-34(21)16-7-15-31-27(39)32-24-13-14-25(26(18-24)36-5)37-17-6-8-22-9-11-23(12-10-22)33-28(35)38-29(2,3)4/h9-14,18-20H,6-8,15-17H2,1-5H3,(H,33,35)(H2,31,32,39). The van der Waals surface area contributed by atoms with Gasteiger partial charge in [-0.3, -0.25) is 5.32 Å². The molecule has 1 heterocycles. The smallest absolute Gasteiger partial charge is 0.412 e. The summed E-state index contributed by atoms with van der Waals surface area (Å²) in [6, 6.07) is 13.4. The minimum atomic E-state index is -0.533. The second kappa shape index (κ2) is 14.4. The number of hydrogen-bond acceptors (Lipinski definition) is 6. The van der Waals surface area contributed by atoms with Crippen LogP contribution >= 0.6 is 12.2 Å². The summed E-state index contributed by atoms with van der Waals surface area (Å²) < 4.78 is 18.9. The van der Waals surface area contributed by atoms with Crippen LogP contribution in [0.2, 0.25) is 0 Å². The Hall–Kier alpha value is -3.79. The Morgan fingerprint density at radius 2 is 1.77 bits per heavy atom. The molecular weight excluding hydrogens is 514 g/mol. The molecule has 2 aromatic carbocycles. The molecule has 0 fully saturated rings. The summed E-state index contributed by atoms with van der Waals surface area (Å²) in [4.78, 5) is 16.0. The van der Waals surface area contributed by atoms with Gasteiger partial charge in [-0.25, -0.2) is 9.78 Å². The first-order valence-electron chi connectivity index (χ1n) is 13.0. The second-order valence-corrected chi connectivity index (χ2v) is 10.5. The van der Waals surface area contributed by atoms with Gasteiger partial charge in [-0.2, -0.15) is 0 Å². The first-order valence-corrected chi connectivity index (χ1v) is 13.4. The summed E-state index contributed by atoms with van der Waals surface area (Å²) in [5.41, 5.74) is 3.28. The molecule has 1 aromatic heterocycles. The van der Waals surface area contributed by atoms with Crippen molar-refractivity contribution in [2.45, 2.75) is 59.1 Å². The van der Waals surface area contributed by atoms with Crippen molar-refractivity contribution in [2.24, 2.45) is 0 Å². The van der Waals surface area contributed by atoms with Gasteiger partial charge in [0.05, 0.1) is 20.0 Å². The largest absolute Gasteiger partial charge is 0.493 e. The number of carbonyl (C=O) groups excluding carboxylic acids is 1. The van der Waals surface area contributed by atoms with E-state index in [1.54, 1.807) is 7.11 Å². The van der Waals surface area contributed by atoms with Gasteiger partial charge in [0, 0.05) is 42.4 Å². The molecule has 0 aliphatic carbocycles. The van der Waals surface area contributed by atoms with E-state index in [0.29, 0.717) is 28.9 Å². The van der Waals surface area contributed by atoms with E-state index in [9.17, 15) is 4.79 Å². The average Bonchev–Trinajstić information content (AvgIpc) is 3.29. The maximum absolute atomic E-state index is 11.9. The van der Waals surface area contributed by atoms with Gasteiger partial charge in [0.2, 0.25) is 0 Å². The lowest BCUT2D eigenvalue weighted by atomic mass is 10.1. The molecule has 1 amide bonds. The quantitative estimate of drug-likeness (QED) is 0.187. The molecule has 0 bridgehead atoms. The summed E-state index contributed by atoms with van der Waals surface area (Å²) in [6.45, 7) is 9.72. The number of benzene rings is 2. The number of rotatable bonds is 12. The van der Waals surface area contributed by atoms with Crippen molar-refractivity contribution in [3.63, 3.8) is 0 Å². The molecule has 0 spiro atoms. The van der Waals surface area contributed by atoms with Crippen molar-refractivity contribution >= 4 is 34.8 Å². The molecule has 210 valence electrons. The number of nitrogens with zero attached hydrogens (tertiary/aromatic N) is 2. The lowest BCUT2D eigenvalue weighted by Gasteiger charge is -2.19. The normalized spacial score (nSPS) is 11.0. The Morgan fingerprint density at radius 1 is 1.03 bits per heavy atom. The van der Waals surface area contributed by atoms with Gasteiger partial charge in [0.1, 0.15) is 5.60 Å². The monoisotopic (exact) mass is 553 g/mol. The van der Waals surface area contributed by atoms with E-state index in [0.717, 1.165) is 49.3 Å². The van der Waals surface area contributed by atoms with Crippen LogP contribution in [0, 0.1) is 6.92 Å². The van der Waals surface area contributed by atoms with Gasteiger partial charge in [-0.1, -0.05) is 12.1 Å². The van der Waals surface area contributed by atoms with Crippen molar-refractivity contribution in [3.05, 3.63) is 66.2 Å². The number of imidazole rings is 1. The van der Waals surface area contributed by atoms with Crippen LogP contribution in [0.4, 0.5) is 16.2 Å². The van der Waals surface area contributed by atoms with E-state index in [1.807, 2.05) is 82.7 Å². The Labute approximate surface area is 236 Å². The number of aromatic nitrogens is 2. The fourth-order valence-corrected chi connectivity index (χ4v) is 3.97. The van der Waals surface area contributed by atoms with Gasteiger partial charge in [-0.15, -0.1) is 0 Å². The maximum Gasteiger partial charge on any atom is 0.412 e. The highest BCUT2D eigenvalue weighted by molar-refractivity contribution is 7.80. The number of amides is 1. The van der Waals surface area contributed by atoms with E-state index in [4.69, 9.17) is 26.4 Å². The molecule has 9 nitrogen and oxygen atoms in total. The number of aryl methyl sites for hydroxylation is 3. The van der Waals surface area contributed by atoms with Gasteiger partial charge in [-0.05, 0) is 89.0 Å². The van der Waals surface area contributed by atoms with Gasteiger partial charge in [0.25, 0.3) is 0 Å². The third-order valence-corrected chi connectivity index (χ3v) is 5.92. The van der Waals surface area contributed by atoms with Crippen LogP contribution in [-0.4, -0.2) is 46.6 Å². The highest BCUT2D eigenvalue weighted by atomic mass is 32.1. The lowest BCUT2D eigenvalue weighted by molar-refractivity contribution is 0.0636. The molecule has 0 saturated heterocycles. The molecule has 0 unspecified atom stereocenters. The molecule has 0 aliphatic heterocycles. The van der Waals surface area contributed by atoms with Crippen molar-refractivity contribution in [1.29, 1.82) is 0 Å². The van der Waals surface area contributed by atoms with E-state index in [2.05, 4.69) is 25.5 Å². The van der Waals surface area contributed by atoms with Crippen molar-refractivity contribution in [2.75, 3.05) is 30.9 Å². The number of nitrogens with one attached hydrogen (secondary N) is 3. The van der Waals surface area contributed by atoms with Crippen LogP contribution in [0.5, 0.6) is 11.5 Å². The summed E-state index contributed by atoms with van der Waals surface area (Å²) in [6.07, 6.45) is 5.83. The summed E-state index contributed by atoms with van der Waals surface area (Å²) in [7, 11) is 1.62. The number of ether oxygens (including phenoxy) is 3. The second-order valence-electron chi connectivity index (χ2n) is 10.1. The molecule has 0 aliphatic rings. The van der Waals surface area contributed by atoms with Crippen LogP contribution < -0.4 is 25.4 Å². The van der Waals surface area contributed by atoms with E-state index >= 15 is 0 Å². The Balaban J connectivity index is 1.38. The predicted molar refractivity (Wildman–Crippen MR) is 159 cm³/mol. The molecule has 39 heavy (non-hydrogen) atoms. The molecule has 3 N–H and O–H groups in total. The zero-order chi connectivity index (χ0) is 28.3. The van der Waals surface area contributed by atoms with Gasteiger partial charge in [0.15, 0.2) is 16.6 Å². The Morgan fingerprint density at radius 3 is 2.44 bits per heavy atom. The molecular formula is C29H39N5O4S. The number of hydrogen-bond donors (Lipinski definition) is 3. The number of methoxy groups -OCH3 is 1. The first-order chi connectivity index (χ1) is 18.6. The minimum Gasteiger partial charge on any atom is -0.493 e. The zero-order valence-electron chi connectivity index (χ0n) is 23.4. The molecule has 0 radical (unpaired) electrons. The van der Waals surface area contributed by atoms with E-state index in [1.165, 1.54) is 0 Å². The zero-order valence-corrected chi connectivity index (χ0v) is 24.2. The first kappa shape index (κ1) is 29.8.